The Balaban J connectivity index is 3.39. The van der Waals surface area contributed by atoms with Crippen LogP contribution in [0.1, 0.15) is 148 Å². The van der Waals surface area contributed by atoms with Gasteiger partial charge in [0.2, 0.25) is 11.8 Å². The minimum atomic E-state index is -0.179. The summed E-state index contributed by atoms with van der Waals surface area (Å²) in [6.07, 6.45) is 52.5. The second kappa shape index (κ2) is 33.6. The van der Waals surface area contributed by atoms with Crippen LogP contribution in [0.25, 0.3) is 0 Å². The molecule has 0 saturated carbocycles. The Morgan fingerprint density at radius 1 is 0.317 bits per heavy atom. The Morgan fingerprint density at radius 2 is 0.537 bits per heavy atom. The van der Waals surface area contributed by atoms with Gasteiger partial charge in [-0.05, 0) is 89.9 Å². The number of nitrogens with two attached hydrogens (primary N) is 2. The van der Waals surface area contributed by atoms with Crippen LogP contribution in [0.5, 0.6) is 0 Å². The van der Waals surface area contributed by atoms with Crippen LogP contribution in [0, 0.1) is 0 Å². The van der Waals surface area contributed by atoms with Crippen LogP contribution in [0.3, 0.4) is 0 Å². The molecule has 0 spiro atoms. The normalized spacial score (nSPS) is 12.5. The fourth-order valence-corrected chi connectivity index (χ4v) is 4.44. The van der Waals surface area contributed by atoms with Crippen LogP contribution >= 0.6 is 0 Å². The van der Waals surface area contributed by atoms with Gasteiger partial charge in [-0.3, -0.25) is 9.59 Å². The number of primary amides is 2. The van der Waals surface area contributed by atoms with Gasteiger partial charge >= 0.3 is 0 Å². The van der Waals surface area contributed by atoms with E-state index in [1.165, 1.54) is 70.6 Å². The number of carbonyl (C=O) groups excluding carboxylic acids is 2. The molecule has 0 aliphatic heterocycles. The average Bonchev–Trinajstić information content (AvgIpc) is 2.94. The smallest absolute Gasteiger partial charge is 0.217 e. The van der Waals surface area contributed by atoms with Crippen LogP contribution in [0.2, 0.25) is 0 Å². The van der Waals surface area contributed by atoms with E-state index in [-0.39, 0.29) is 11.8 Å². The standard InChI is InChI=1S/C37H62N2O2/c38-36(40)34-32-30-28-26-24-22-20-18-16-14-12-10-8-6-4-2-1-3-5-7-9-11-13-15-17-19-21-23-25-27-29-31-33-35-37(39)41/h6-9,12-15,18-21H,1-5,10-11,16-17,22-35H2,(H2,38,40)(H2,39,41)/b8-6-,9-7-,14-12-,15-13-,20-18-,21-19-. The van der Waals surface area contributed by atoms with E-state index >= 15 is 0 Å². The molecule has 4 heteroatoms. The summed E-state index contributed by atoms with van der Waals surface area (Å²) in [4.78, 5) is 21.4. The molecule has 0 radical (unpaired) electrons. The predicted molar refractivity (Wildman–Crippen MR) is 179 cm³/mol. The van der Waals surface area contributed by atoms with Gasteiger partial charge in [0.25, 0.3) is 0 Å². The number of unbranched alkanes of at least 4 members (excludes halogenated alkanes) is 14. The lowest BCUT2D eigenvalue weighted by Crippen LogP contribution is -2.09. The molecule has 0 heterocycles. The van der Waals surface area contributed by atoms with E-state index in [0.717, 1.165) is 64.2 Å². The fraction of sp³-hybridized carbons (Fsp3) is 0.622. The average molecular weight is 567 g/mol. The zero-order chi connectivity index (χ0) is 29.9. The second-order valence-electron chi connectivity index (χ2n) is 11.0. The third-order valence-electron chi connectivity index (χ3n) is 6.92. The van der Waals surface area contributed by atoms with E-state index in [1.807, 2.05) is 0 Å². The van der Waals surface area contributed by atoms with Crippen LogP contribution < -0.4 is 11.5 Å². The molecule has 0 aromatic rings. The van der Waals surface area contributed by atoms with Crippen molar-refractivity contribution in [2.45, 2.75) is 148 Å². The Kier molecular flexibility index (Phi) is 31.4. The zero-order valence-electron chi connectivity index (χ0n) is 26.2. The predicted octanol–water partition coefficient (Wildman–Crippen LogP) is 10.3. The summed E-state index contributed by atoms with van der Waals surface area (Å²) in [7, 11) is 0. The lowest BCUT2D eigenvalue weighted by Gasteiger charge is -1.98. The van der Waals surface area contributed by atoms with Gasteiger partial charge in [0.05, 0.1) is 0 Å². The molecule has 0 atom stereocenters. The summed E-state index contributed by atoms with van der Waals surface area (Å²) < 4.78 is 0. The van der Waals surface area contributed by atoms with Crippen LogP contribution in [-0.4, -0.2) is 11.8 Å². The van der Waals surface area contributed by atoms with Crippen molar-refractivity contribution in [3.63, 3.8) is 0 Å². The van der Waals surface area contributed by atoms with Crippen LogP contribution in [0.4, 0.5) is 0 Å². The molecule has 232 valence electrons. The largest absolute Gasteiger partial charge is 0.370 e. The highest BCUT2D eigenvalue weighted by Gasteiger charge is 1.95. The molecule has 0 rings (SSSR count). The van der Waals surface area contributed by atoms with Crippen LogP contribution in [-0.2, 0) is 9.59 Å². The van der Waals surface area contributed by atoms with Gasteiger partial charge in [-0.15, -0.1) is 0 Å². The summed E-state index contributed by atoms with van der Waals surface area (Å²) in [6, 6.07) is 0. The molecule has 0 aromatic heterocycles. The molecular formula is C37H62N2O2. The van der Waals surface area contributed by atoms with Gasteiger partial charge in [-0.2, -0.15) is 0 Å². The molecule has 2 amide bonds. The highest BCUT2D eigenvalue weighted by molar-refractivity contribution is 5.73. The van der Waals surface area contributed by atoms with Crippen LogP contribution in [0.15, 0.2) is 72.9 Å². The molecular weight excluding hydrogens is 504 g/mol. The van der Waals surface area contributed by atoms with Crippen molar-refractivity contribution >= 4 is 11.8 Å². The number of hydrogen-bond donors (Lipinski definition) is 2. The maximum atomic E-state index is 10.7. The summed E-state index contributed by atoms with van der Waals surface area (Å²) in [5.41, 5.74) is 10.3. The molecule has 0 aliphatic carbocycles. The van der Waals surface area contributed by atoms with E-state index in [2.05, 4.69) is 72.9 Å². The van der Waals surface area contributed by atoms with E-state index in [0.29, 0.717) is 12.8 Å². The first-order valence-corrected chi connectivity index (χ1v) is 16.6. The third kappa shape index (κ3) is 37.4. The summed E-state index contributed by atoms with van der Waals surface area (Å²) in [5, 5.41) is 0. The van der Waals surface area contributed by atoms with Gasteiger partial charge in [0, 0.05) is 12.8 Å². The van der Waals surface area contributed by atoms with Crippen molar-refractivity contribution in [1.82, 2.24) is 0 Å². The Bertz CT molecular complexity index is 710. The van der Waals surface area contributed by atoms with E-state index < -0.39 is 0 Å². The molecule has 0 fully saturated rings. The maximum absolute atomic E-state index is 10.7. The highest BCUT2D eigenvalue weighted by Crippen LogP contribution is 2.09. The van der Waals surface area contributed by atoms with Gasteiger partial charge in [-0.1, -0.05) is 118 Å². The minimum Gasteiger partial charge on any atom is -0.370 e. The van der Waals surface area contributed by atoms with Gasteiger partial charge in [0.1, 0.15) is 0 Å². The molecule has 0 bridgehead atoms. The molecule has 0 unspecified atom stereocenters. The first kappa shape index (κ1) is 38.4. The molecule has 41 heavy (non-hydrogen) atoms. The van der Waals surface area contributed by atoms with Gasteiger partial charge in [-0.25, -0.2) is 0 Å². The third-order valence-corrected chi connectivity index (χ3v) is 6.92. The first-order valence-electron chi connectivity index (χ1n) is 16.6. The molecule has 0 saturated heterocycles. The van der Waals surface area contributed by atoms with Crippen molar-refractivity contribution in [3.8, 4) is 0 Å². The zero-order valence-corrected chi connectivity index (χ0v) is 26.2. The first-order chi connectivity index (χ1) is 20.1. The summed E-state index contributed by atoms with van der Waals surface area (Å²) >= 11 is 0. The van der Waals surface area contributed by atoms with Crippen molar-refractivity contribution in [1.29, 1.82) is 0 Å². The second-order valence-corrected chi connectivity index (χ2v) is 11.0. The fourth-order valence-electron chi connectivity index (χ4n) is 4.44. The minimum absolute atomic E-state index is 0.179. The molecule has 0 aromatic carbocycles. The molecule has 4 N–H and O–H groups in total. The van der Waals surface area contributed by atoms with Crippen molar-refractivity contribution < 1.29 is 9.59 Å². The lowest BCUT2D eigenvalue weighted by atomic mass is 10.1. The number of allylic oxidation sites excluding steroid dienone is 12. The van der Waals surface area contributed by atoms with Crippen molar-refractivity contribution in [2.24, 2.45) is 11.5 Å². The van der Waals surface area contributed by atoms with Gasteiger partial charge in [0.15, 0.2) is 0 Å². The Morgan fingerprint density at radius 3 is 0.829 bits per heavy atom. The lowest BCUT2D eigenvalue weighted by molar-refractivity contribution is -0.119. The van der Waals surface area contributed by atoms with Gasteiger partial charge < -0.3 is 11.5 Å². The Labute approximate surface area is 253 Å². The Hall–Kier alpha value is -2.62. The van der Waals surface area contributed by atoms with Crippen molar-refractivity contribution in [3.05, 3.63) is 72.9 Å². The number of amides is 2. The van der Waals surface area contributed by atoms with E-state index in [9.17, 15) is 9.59 Å². The van der Waals surface area contributed by atoms with E-state index in [1.54, 1.807) is 0 Å². The maximum Gasteiger partial charge on any atom is 0.217 e. The van der Waals surface area contributed by atoms with Crippen molar-refractivity contribution in [2.75, 3.05) is 0 Å². The monoisotopic (exact) mass is 566 g/mol. The topological polar surface area (TPSA) is 86.2 Å². The molecule has 0 aliphatic rings. The number of carbonyl (C=O) groups is 2. The van der Waals surface area contributed by atoms with E-state index in [4.69, 9.17) is 11.5 Å². The summed E-state index contributed by atoms with van der Waals surface area (Å²) in [6.45, 7) is 0. The summed E-state index contributed by atoms with van der Waals surface area (Å²) in [5.74, 6) is -0.358. The number of hydrogen-bond acceptors (Lipinski definition) is 2. The number of rotatable bonds is 30. The quantitative estimate of drug-likeness (QED) is 0.0669. The highest BCUT2D eigenvalue weighted by atomic mass is 16.1. The SMILES string of the molecule is NC(=O)CCCCCCC/C=C\C/C=C\C/C=C\CCCCC/C=C\C/C=C\C/C=C\CCCCCCCC(N)=O. The molecule has 4 nitrogen and oxygen atoms in total.